The molecule has 0 spiro atoms. The molecule has 0 aliphatic heterocycles. The van der Waals surface area contributed by atoms with Crippen molar-refractivity contribution >= 4 is 0 Å². The van der Waals surface area contributed by atoms with Crippen LogP contribution in [0.2, 0.25) is 0 Å². The Bertz CT molecular complexity index is 1080. The van der Waals surface area contributed by atoms with Gasteiger partial charge in [0.05, 0.1) is 5.69 Å². The Morgan fingerprint density at radius 3 is 1.81 bits per heavy atom. The van der Waals surface area contributed by atoms with E-state index in [0.717, 1.165) is 33.8 Å². The molecule has 3 aromatic heterocycles. The second-order valence-corrected chi connectivity index (χ2v) is 6.30. The zero-order chi connectivity index (χ0) is 20.4. The number of hydrogen-bond acceptors (Lipinski definition) is 4. The fraction of sp³-hybridized carbons (Fsp3) is 0. The number of benzene rings is 2. The molecule has 1 radical (unpaired) electrons. The molecular weight excluding hydrogens is 561 g/mol. The summed E-state index contributed by atoms with van der Waals surface area (Å²) in [5.41, 5.74) is 5.67. The van der Waals surface area contributed by atoms with E-state index in [1.807, 2.05) is 84.9 Å². The summed E-state index contributed by atoms with van der Waals surface area (Å²) < 4.78 is 0. The molecule has 153 valence electrons. The van der Waals surface area contributed by atoms with Crippen LogP contribution in [0.5, 0.6) is 0 Å². The zero-order valence-electron chi connectivity index (χ0n) is 16.5. The minimum atomic E-state index is 0. The number of hydrogen-bond donors (Lipinski definition) is 0. The second-order valence-electron chi connectivity index (χ2n) is 6.30. The van der Waals surface area contributed by atoms with Crippen molar-refractivity contribution in [2.45, 2.75) is 0 Å². The van der Waals surface area contributed by atoms with E-state index in [2.05, 4.69) is 32.1 Å². The third kappa shape index (κ3) is 6.22. The van der Waals surface area contributed by atoms with Crippen LogP contribution in [0, 0.1) is 12.1 Å². The van der Waals surface area contributed by atoms with Crippen molar-refractivity contribution in [1.29, 1.82) is 0 Å². The van der Waals surface area contributed by atoms with Gasteiger partial charge in [0.25, 0.3) is 0 Å². The number of aromatic nitrogens is 4. The fourth-order valence-corrected chi connectivity index (χ4v) is 2.80. The molecule has 0 saturated carbocycles. The van der Waals surface area contributed by atoms with Crippen LogP contribution in [0.3, 0.4) is 0 Å². The van der Waals surface area contributed by atoms with Crippen molar-refractivity contribution in [3.63, 3.8) is 0 Å². The molecule has 0 fully saturated rings. The normalized spacial score (nSPS) is 9.68. The minimum Gasteiger partial charge on any atom is -0.305 e. The Labute approximate surface area is 195 Å². The molecule has 31 heavy (non-hydrogen) atoms. The maximum atomic E-state index is 4.60. The average molecular weight is 579 g/mol. The molecule has 3 heterocycles. The number of nitrogens with zero attached hydrogens (tertiary/aromatic N) is 4. The van der Waals surface area contributed by atoms with Gasteiger partial charge in [-0.3, -0.25) is 4.98 Å². The maximum Gasteiger partial charge on any atom is 0.115 e. The van der Waals surface area contributed by atoms with Crippen LogP contribution < -0.4 is 0 Å². The third-order valence-corrected chi connectivity index (χ3v) is 4.24. The summed E-state index contributed by atoms with van der Waals surface area (Å²) in [6.45, 7) is 0. The first-order chi connectivity index (χ1) is 14.9. The SMILES string of the molecule is [Ir].[c-]1ccccc1-c1cccc(-c2cncnc2)n1.[c-]1ccccc1-c1ccccn1. The van der Waals surface area contributed by atoms with E-state index in [4.69, 9.17) is 0 Å². The van der Waals surface area contributed by atoms with Gasteiger partial charge in [-0.05, 0) is 23.5 Å². The van der Waals surface area contributed by atoms with E-state index in [1.165, 1.54) is 6.33 Å². The average Bonchev–Trinajstić information content (AvgIpc) is 2.87. The monoisotopic (exact) mass is 579 g/mol. The van der Waals surface area contributed by atoms with E-state index in [9.17, 15) is 0 Å². The second kappa shape index (κ2) is 11.6. The Hall–Kier alpha value is -3.53. The summed E-state index contributed by atoms with van der Waals surface area (Å²) in [7, 11) is 0. The first kappa shape index (κ1) is 22.2. The molecule has 0 atom stereocenters. The molecule has 0 saturated heterocycles. The predicted molar refractivity (Wildman–Crippen MR) is 118 cm³/mol. The topological polar surface area (TPSA) is 51.6 Å². The smallest absolute Gasteiger partial charge is 0.115 e. The molecule has 0 amide bonds. The summed E-state index contributed by atoms with van der Waals surface area (Å²) in [6.07, 6.45) is 6.82. The van der Waals surface area contributed by atoms with Crippen LogP contribution in [0.15, 0.2) is 110 Å². The molecular formula is C26H18IrN4-2. The summed E-state index contributed by atoms with van der Waals surface area (Å²) >= 11 is 0. The molecule has 5 heteroatoms. The Morgan fingerprint density at radius 1 is 0.581 bits per heavy atom. The summed E-state index contributed by atoms with van der Waals surface area (Å²) in [5.74, 6) is 0. The van der Waals surface area contributed by atoms with Crippen LogP contribution in [0.25, 0.3) is 33.8 Å². The molecule has 5 rings (SSSR count). The number of rotatable bonds is 3. The van der Waals surface area contributed by atoms with Gasteiger partial charge in [0.15, 0.2) is 0 Å². The van der Waals surface area contributed by atoms with Gasteiger partial charge in [-0.25, -0.2) is 9.97 Å². The molecule has 0 bridgehead atoms. The van der Waals surface area contributed by atoms with Gasteiger partial charge in [-0.2, -0.15) is 0 Å². The molecule has 5 aromatic rings. The maximum absolute atomic E-state index is 4.60. The van der Waals surface area contributed by atoms with E-state index < -0.39 is 0 Å². The van der Waals surface area contributed by atoms with Crippen molar-refractivity contribution in [2.24, 2.45) is 0 Å². The van der Waals surface area contributed by atoms with E-state index in [-0.39, 0.29) is 20.1 Å². The van der Waals surface area contributed by atoms with Gasteiger partial charge in [-0.1, -0.05) is 24.3 Å². The van der Waals surface area contributed by atoms with Crippen LogP contribution in [-0.2, 0) is 20.1 Å². The predicted octanol–water partition coefficient (Wildman–Crippen LogP) is 5.55. The summed E-state index contributed by atoms with van der Waals surface area (Å²) in [4.78, 5) is 16.8. The summed E-state index contributed by atoms with van der Waals surface area (Å²) in [6, 6.07) is 33.7. The molecule has 0 N–H and O–H groups in total. The van der Waals surface area contributed by atoms with Crippen LogP contribution in [0.1, 0.15) is 0 Å². The van der Waals surface area contributed by atoms with Crippen LogP contribution in [0.4, 0.5) is 0 Å². The molecule has 0 aliphatic carbocycles. The minimum absolute atomic E-state index is 0. The van der Waals surface area contributed by atoms with Crippen LogP contribution >= 0.6 is 0 Å². The standard InChI is InChI=1S/C15H10N3.C11H8N.Ir/c1-2-5-12(6-3-1)14-7-4-8-15(18-14)13-9-16-11-17-10-13;1-2-6-10(7-3-1)11-8-4-5-9-12-11;/h1-5,7-11H;1-6,8-9H;/q2*-1;. The van der Waals surface area contributed by atoms with Crippen LogP contribution in [-0.4, -0.2) is 19.9 Å². The van der Waals surface area contributed by atoms with Gasteiger partial charge < -0.3 is 4.98 Å². The third-order valence-electron chi connectivity index (χ3n) is 4.24. The Morgan fingerprint density at radius 2 is 1.19 bits per heavy atom. The zero-order valence-corrected chi connectivity index (χ0v) is 18.9. The molecule has 0 aliphatic rings. The van der Waals surface area contributed by atoms with Gasteiger partial charge >= 0.3 is 0 Å². The summed E-state index contributed by atoms with van der Waals surface area (Å²) in [5, 5.41) is 0. The first-order valence-electron chi connectivity index (χ1n) is 9.48. The van der Waals surface area contributed by atoms with Gasteiger partial charge in [0.2, 0.25) is 0 Å². The van der Waals surface area contributed by atoms with E-state index in [1.54, 1.807) is 18.6 Å². The molecule has 0 unspecified atom stereocenters. The Balaban J connectivity index is 0.000000183. The quantitative estimate of drug-likeness (QED) is 0.264. The first-order valence-corrected chi connectivity index (χ1v) is 9.48. The molecule has 4 nitrogen and oxygen atoms in total. The van der Waals surface area contributed by atoms with Crippen molar-refractivity contribution in [3.05, 3.63) is 122 Å². The molecule has 2 aromatic carbocycles. The van der Waals surface area contributed by atoms with Gasteiger partial charge in [0, 0.05) is 44.3 Å². The van der Waals surface area contributed by atoms with Crippen molar-refractivity contribution in [2.75, 3.05) is 0 Å². The van der Waals surface area contributed by atoms with Gasteiger partial charge in [0.1, 0.15) is 6.33 Å². The van der Waals surface area contributed by atoms with E-state index >= 15 is 0 Å². The largest absolute Gasteiger partial charge is 0.305 e. The fourth-order valence-electron chi connectivity index (χ4n) is 2.80. The van der Waals surface area contributed by atoms with E-state index in [0.29, 0.717) is 0 Å². The van der Waals surface area contributed by atoms with Crippen molar-refractivity contribution in [3.8, 4) is 33.8 Å². The van der Waals surface area contributed by atoms with Crippen molar-refractivity contribution < 1.29 is 20.1 Å². The number of pyridine rings is 2. The van der Waals surface area contributed by atoms with Gasteiger partial charge in [-0.15, -0.1) is 71.8 Å². The Kier molecular flexibility index (Phi) is 8.29. The van der Waals surface area contributed by atoms with Crippen molar-refractivity contribution in [1.82, 2.24) is 19.9 Å².